The lowest BCUT2D eigenvalue weighted by Gasteiger charge is -2.35. The van der Waals surface area contributed by atoms with E-state index in [0.29, 0.717) is 12.2 Å². The smallest absolute Gasteiger partial charge is 0.0678 e. The highest BCUT2D eigenvalue weighted by atomic mass is 32.1. The van der Waals surface area contributed by atoms with E-state index in [-0.39, 0.29) is 0 Å². The fourth-order valence-corrected chi connectivity index (χ4v) is 1.96. The Bertz CT molecular complexity index is 147. The minimum atomic E-state index is 0.351. The zero-order valence-electron chi connectivity index (χ0n) is 9.11. The van der Waals surface area contributed by atoms with E-state index < -0.39 is 0 Å². The molecule has 84 valence electrons. The largest absolute Gasteiger partial charge is 0.379 e. The maximum Gasteiger partial charge on any atom is 0.0678 e. The topological polar surface area (TPSA) is 21.7 Å². The molecule has 0 bridgehead atoms. The molecule has 4 heteroatoms. The summed E-state index contributed by atoms with van der Waals surface area (Å²) in [4.78, 5) is 2.40. The standard InChI is InChI=1S/C10H21NO2S/c1-9-7-11(8-10(2)13-9)3-4-12-5-6-14/h9-10,14H,3-8H2,1-2H3. The Morgan fingerprint density at radius 3 is 2.50 bits per heavy atom. The molecular formula is C10H21NO2S. The number of hydrogen-bond acceptors (Lipinski definition) is 4. The third-order valence-corrected chi connectivity index (χ3v) is 2.47. The van der Waals surface area contributed by atoms with Crippen LogP contribution in [0.4, 0.5) is 0 Å². The van der Waals surface area contributed by atoms with E-state index in [1.807, 2.05) is 0 Å². The summed E-state index contributed by atoms with van der Waals surface area (Å²) in [5, 5.41) is 0. The van der Waals surface area contributed by atoms with E-state index in [0.717, 1.165) is 38.6 Å². The predicted octanol–water partition coefficient (Wildman–Crippen LogP) is 1.04. The monoisotopic (exact) mass is 219 g/mol. The molecule has 0 amide bonds. The zero-order chi connectivity index (χ0) is 10.4. The highest BCUT2D eigenvalue weighted by Gasteiger charge is 2.21. The Morgan fingerprint density at radius 2 is 1.93 bits per heavy atom. The van der Waals surface area contributed by atoms with Gasteiger partial charge in [-0.05, 0) is 13.8 Å². The van der Waals surface area contributed by atoms with Crippen molar-refractivity contribution in [2.75, 3.05) is 38.6 Å². The van der Waals surface area contributed by atoms with Gasteiger partial charge in [0.1, 0.15) is 0 Å². The van der Waals surface area contributed by atoms with E-state index in [2.05, 4.69) is 31.4 Å². The van der Waals surface area contributed by atoms with Crippen LogP contribution in [0.2, 0.25) is 0 Å². The van der Waals surface area contributed by atoms with Crippen LogP contribution in [0.15, 0.2) is 0 Å². The van der Waals surface area contributed by atoms with Crippen molar-refractivity contribution in [1.29, 1.82) is 0 Å². The molecule has 14 heavy (non-hydrogen) atoms. The first-order chi connectivity index (χ1) is 6.72. The normalized spacial score (nSPS) is 29.4. The fourth-order valence-electron chi connectivity index (χ4n) is 1.83. The summed E-state index contributed by atoms with van der Waals surface area (Å²) in [5.74, 6) is 0.802. The molecule has 1 saturated heterocycles. The molecule has 0 radical (unpaired) electrons. The Kier molecular flexibility index (Phi) is 5.86. The van der Waals surface area contributed by atoms with Gasteiger partial charge in [-0.3, -0.25) is 4.90 Å². The summed E-state index contributed by atoms with van der Waals surface area (Å²) in [7, 11) is 0. The molecular weight excluding hydrogens is 198 g/mol. The van der Waals surface area contributed by atoms with Crippen LogP contribution >= 0.6 is 12.6 Å². The third kappa shape index (κ3) is 4.64. The van der Waals surface area contributed by atoms with Crippen molar-refractivity contribution >= 4 is 12.6 Å². The number of rotatable bonds is 5. The van der Waals surface area contributed by atoms with Gasteiger partial charge in [0.15, 0.2) is 0 Å². The minimum absolute atomic E-state index is 0.351. The highest BCUT2D eigenvalue weighted by Crippen LogP contribution is 2.09. The van der Waals surface area contributed by atoms with Crippen LogP contribution in [0.1, 0.15) is 13.8 Å². The molecule has 1 rings (SSSR count). The van der Waals surface area contributed by atoms with Gasteiger partial charge in [-0.15, -0.1) is 0 Å². The summed E-state index contributed by atoms with van der Waals surface area (Å²) in [6, 6.07) is 0. The minimum Gasteiger partial charge on any atom is -0.379 e. The van der Waals surface area contributed by atoms with Gasteiger partial charge in [0.2, 0.25) is 0 Å². The third-order valence-electron chi connectivity index (χ3n) is 2.28. The molecule has 1 heterocycles. The average Bonchev–Trinajstić information content (AvgIpc) is 2.11. The van der Waals surface area contributed by atoms with Crippen molar-refractivity contribution < 1.29 is 9.47 Å². The molecule has 0 aromatic carbocycles. The summed E-state index contributed by atoms with van der Waals surface area (Å²) in [5.41, 5.74) is 0. The average molecular weight is 219 g/mol. The maximum absolute atomic E-state index is 5.65. The number of nitrogens with zero attached hydrogens (tertiary/aromatic N) is 1. The first kappa shape index (κ1) is 12.3. The Morgan fingerprint density at radius 1 is 1.29 bits per heavy atom. The van der Waals surface area contributed by atoms with E-state index in [4.69, 9.17) is 9.47 Å². The fraction of sp³-hybridized carbons (Fsp3) is 1.00. The van der Waals surface area contributed by atoms with E-state index >= 15 is 0 Å². The summed E-state index contributed by atoms with van der Waals surface area (Å²) in [6.07, 6.45) is 0.701. The number of hydrogen-bond donors (Lipinski definition) is 1. The van der Waals surface area contributed by atoms with E-state index in [1.54, 1.807) is 0 Å². The second kappa shape index (κ2) is 6.67. The molecule has 1 aliphatic rings. The first-order valence-corrected chi connectivity index (χ1v) is 5.92. The van der Waals surface area contributed by atoms with Crippen molar-refractivity contribution in [3.05, 3.63) is 0 Å². The molecule has 0 N–H and O–H groups in total. The number of morpholine rings is 1. The number of thiol groups is 1. The van der Waals surface area contributed by atoms with Crippen LogP contribution in [0.25, 0.3) is 0 Å². The van der Waals surface area contributed by atoms with Crippen molar-refractivity contribution in [3.8, 4) is 0 Å². The lowest BCUT2D eigenvalue weighted by molar-refractivity contribution is -0.0726. The molecule has 0 aliphatic carbocycles. The quantitative estimate of drug-likeness (QED) is 0.551. The molecule has 0 aromatic rings. The maximum atomic E-state index is 5.65. The summed E-state index contributed by atoms with van der Waals surface area (Å²) < 4.78 is 11.0. The molecule has 1 aliphatic heterocycles. The molecule has 1 fully saturated rings. The lowest BCUT2D eigenvalue weighted by Crippen LogP contribution is -2.46. The van der Waals surface area contributed by atoms with Crippen molar-refractivity contribution in [3.63, 3.8) is 0 Å². The SMILES string of the molecule is CC1CN(CCOCCS)CC(C)O1. The Balaban J connectivity index is 2.10. The van der Waals surface area contributed by atoms with E-state index in [1.165, 1.54) is 0 Å². The second-order valence-corrected chi connectivity index (χ2v) is 4.30. The van der Waals surface area contributed by atoms with Crippen molar-refractivity contribution in [1.82, 2.24) is 4.90 Å². The summed E-state index contributed by atoms with van der Waals surface area (Å²) in [6.45, 7) is 8.85. The van der Waals surface area contributed by atoms with Crippen LogP contribution in [0.3, 0.4) is 0 Å². The summed E-state index contributed by atoms with van der Waals surface area (Å²) >= 11 is 4.09. The van der Waals surface area contributed by atoms with Crippen LogP contribution in [0.5, 0.6) is 0 Å². The molecule has 0 saturated carbocycles. The van der Waals surface area contributed by atoms with Crippen LogP contribution in [-0.4, -0.2) is 55.7 Å². The Hall–Kier alpha value is 0.230. The van der Waals surface area contributed by atoms with Crippen LogP contribution in [-0.2, 0) is 9.47 Å². The number of ether oxygens (including phenoxy) is 2. The van der Waals surface area contributed by atoms with Gasteiger partial charge in [0.05, 0.1) is 25.4 Å². The molecule has 2 unspecified atom stereocenters. The van der Waals surface area contributed by atoms with Crippen LogP contribution in [0, 0.1) is 0 Å². The van der Waals surface area contributed by atoms with Gasteiger partial charge in [-0.2, -0.15) is 12.6 Å². The zero-order valence-corrected chi connectivity index (χ0v) is 10.0. The van der Waals surface area contributed by atoms with Gasteiger partial charge in [-0.25, -0.2) is 0 Å². The first-order valence-electron chi connectivity index (χ1n) is 5.28. The van der Waals surface area contributed by atoms with Gasteiger partial charge in [-0.1, -0.05) is 0 Å². The van der Waals surface area contributed by atoms with Crippen molar-refractivity contribution in [2.45, 2.75) is 26.1 Å². The second-order valence-electron chi connectivity index (χ2n) is 3.85. The molecule has 3 nitrogen and oxygen atoms in total. The Labute approximate surface area is 92.2 Å². The van der Waals surface area contributed by atoms with Gasteiger partial charge < -0.3 is 9.47 Å². The molecule has 0 spiro atoms. The highest BCUT2D eigenvalue weighted by molar-refractivity contribution is 7.80. The van der Waals surface area contributed by atoms with Crippen LogP contribution < -0.4 is 0 Å². The van der Waals surface area contributed by atoms with Gasteiger partial charge in [0.25, 0.3) is 0 Å². The van der Waals surface area contributed by atoms with Gasteiger partial charge >= 0.3 is 0 Å². The molecule has 2 atom stereocenters. The van der Waals surface area contributed by atoms with Gasteiger partial charge in [0, 0.05) is 25.4 Å². The molecule has 0 aromatic heterocycles. The van der Waals surface area contributed by atoms with E-state index in [9.17, 15) is 0 Å². The lowest BCUT2D eigenvalue weighted by atomic mass is 10.2. The van der Waals surface area contributed by atoms with Crippen molar-refractivity contribution in [2.24, 2.45) is 0 Å². The predicted molar refractivity (Wildman–Crippen MR) is 61.1 cm³/mol.